The molecule has 18 heavy (non-hydrogen) atoms. The summed E-state index contributed by atoms with van der Waals surface area (Å²) >= 11 is 0. The lowest BCUT2D eigenvalue weighted by atomic mass is 9.79. The molecule has 0 amide bonds. The Morgan fingerprint density at radius 3 is 2.11 bits per heavy atom. The number of hydrogen-bond donors (Lipinski definition) is 2. The number of hydrogen-bond acceptors (Lipinski definition) is 3. The minimum atomic E-state index is -4.52. The van der Waals surface area contributed by atoms with Gasteiger partial charge in [-0.15, -0.1) is 0 Å². The summed E-state index contributed by atoms with van der Waals surface area (Å²) in [6.45, 7) is 4.41. The van der Waals surface area contributed by atoms with Crippen LogP contribution in [0.1, 0.15) is 19.4 Å². The number of rotatable bonds is 4. The number of halogens is 3. The van der Waals surface area contributed by atoms with Crippen molar-refractivity contribution in [2.75, 3.05) is 18.0 Å². The maximum absolute atomic E-state index is 12.9. The molecule has 0 aliphatic rings. The van der Waals surface area contributed by atoms with Crippen LogP contribution in [-0.4, -0.2) is 30.3 Å². The average Bonchev–Trinajstić information content (AvgIpc) is 2.29. The molecule has 0 spiro atoms. The van der Waals surface area contributed by atoms with Crippen LogP contribution >= 0.6 is 0 Å². The van der Waals surface area contributed by atoms with E-state index >= 15 is 0 Å². The molecule has 1 aromatic rings. The van der Waals surface area contributed by atoms with Gasteiger partial charge >= 0.3 is 13.3 Å². The van der Waals surface area contributed by atoms with E-state index in [4.69, 9.17) is 10.0 Å². The number of alkyl halides is 3. The number of benzene rings is 1. The van der Waals surface area contributed by atoms with E-state index in [1.807, 2.05) is 0 Å². The summed E-state index contributed by atoms with van der Waals surface area (Å²) < 4.78 is 38.8. The standard InChI is InChI=1S/C11H15BF3NO2/c1-3-16(4-2)10-6-5-8(12(17)18)7-9(10)11(13,14)15/h5-7,17-18H,3-4H2,1-2H3. The highest BCUT2D eigenvalue weighted by Crippen LogP contribution is 2.35. The molecule has 0 saturated heterocycles. The summed E-state index contributed by atoms with van der Waals surface area (Å²) in [6, 6.07) is 3.33. The van der Waals surface area contributed by atoms with Gasteiger partial charge in [-0.3, -0.25) is 0 Å². The van der Waals surface area contributed by atoms with E-state index in [1.165, 1.54) is 12.1 Å². The Kier molecular flexibility index (Phi) is 4.64. The van der Waals surface area contributed by atoms with Gasteiger partial charge in [0.15, 0.2) is 0 Å². The summed E-state index contributed by atoms with van der Waals surface area (Å²) in [5, 5.41) is 17.9. The third-order valence-electron chi connectivity index (χ3n) is 2.73. The van der Waals surface area contributed by atoms with Crippen molar-refractivity contribution in [3.05, 3.63) is 23.8 Å². The Morgan fingerprint density at radius 2 is 1.72 bits per heavy atom. The Balaban J connectivity index is 3.34. The molecule has 0 unspecified atom stereocenters. The van der Waals surface area contributed by atoms with Gasteiger partial charge in [0.25, 0.3) is 0 Å². The molecule has 0 bridgehead atoms. The van der Waals surface area contributed by atoms with Crippen LogP contribution in [0, 0.1) is 0 Å². The molecule has 0 aromatic heterocycles. The third kappa shape index (κ3) is 3.17. The molecule has 7 heteroatoms. The Labute approximate surface area is 104 Å². The normalized spacial score (nSPS) is 11.5. The van der Waals surface area contributed by atoms with Crippen LogP contribution in [0.5, 0.6) is 0 Å². The van der Waals surface area contributed by atoms with Crippen LogP contribution < -0.4 is 10.4 Å². The van der Waals surface area contributed by atoms with Crippen molar-refractivity contribution in [3.8, 4) is 0 Å². The predicted octanol–water partition coefficient (Wildman–Crippen LogP) is 1.23. The highest BCUT2D eigenvalue weighted by atomic mass is 19.4. The van der Waals surface area contributed by atoms with Crippen LogP contribution in [0.2, 0.25) is 0 Å². The fraction of sp³-hybridized carbons (Fsp3) is 0.455. The first-order chi connectivity index (χ1) is 8.31. The maximum atomic E-state index is 12.9. The van der Waals surface area contributed by atoms with E-state index in [-0.39, 0.29) is 11.2 Å². The molecule has 2 N–H and O–H groups in total. The third-order valence-corrected chi connectivity index (χ3v) is 2.73. The van der Waals surface area contributed by atoms with E-state index in [0.717, 1.165) is 6.07 Å². The average molecular weight is 261 g/mol. The lowest BCUT2D eigenvalue weighted by molar-refractivity contribution is -0.137. The second-order valence-corrected chi connectivity index (χ2v) is 3.82. The van der Waals surface area contributed by atoms with E-state index in [2.05, 4.69) is 0 Å². The highest BCUT2D eigenvalue weighted by Gasteiger charge is 2.35. The summed E-state index contributed by atoms with van der Waals surface area (Å²) in [7, 11) is -1.91. The zero-order chi connectivity index (χ0) is 13.9. The first-order valence-corrected chi connectivity index (χ1v) is 5.63. The molecule has 0 aliphatic carbocycles. The molecular weight excluding hydrogens is 246 g/mol. The molecular formula is C11H15BF3NO2. The largest absolute Gasteiger partial charge is 0.488 e. The lowest BCUT2D eigenvalue weighted by Gasteiger charge is -2.25. The molecule has 100 valence electrons. The molecule has 0 aliphatic heterocycles. The van der Waals surface area contributed by atoms with Gasteiger partial charge in [-0.1, -0.05) is 6.07 Å². The van der Waals surface area contributed by atoms with Crippen LogP contribution in [0.4, 0.5) is 18.9 Å². The minimum absolute atomic E-state index is 0.0527. The first kappa shape index (κ1) is 14.9. The second kappa shape index (κ2) is 5.62. The van der Waals surface area contributed by atoms with E-state index in [0.29, 0.717) is 13.1 Å². The number of anilines is 1. The summed E-state index contributed by atoms with van der Waals surface area (Å²) in [5.41, 5.74) is -0.966. The van der Waals surface area contributed by atoms with Gasteiger partial charge in [0.2, 0.25) is 0 Å². The van der Waals surface area contributed by atoms with E-state index in [9.17, 15) is 13.2 Å². The van der Waals surface area contributed by atoms with Gasteiger partial charge in [-0.05, 0) is 31.4 Å². The second-order valence-electron chi connectivity index (χ2n) is 3.82. The Morgan fingerprint density at radius 1 is 1.17 bits per heavy atom. The lowest BCUT2D eigenvalue weighted by Crippen LogP contribution is -2.33. The van der Waals surface area contributed by atoms with Gasteiger partial charge in [-0.25, -0.2) is 0 Å². The Hall–Kier alpha value is -1.21. The molecule has 0 fully saturated rings. The van der Waals surface area contributed by atoms with Crippen LogP contribution in [0.25, 0.3) is 0 Å². The quantitative estimate of drug-likeness (QED) is 0.801. The van der Waals surface area contributed by atoms with Crippen molar-refractivity contribution in [2.24, 2.45) is 0 Å². The van der Waals surface area contributed by atoms with Gasteiger partial charge in [0.05, 0.1) is 5.56 Å². The van der Waals surface area contributed by atoms with Crippen molar-refractivity contribution in [1.29, 1.82) is 0 Å². The molecule has 0 atom stereocenters. The van der Waals surface area contributed by atoms with Gasteiger partial charge in [0.1, 0.15) is 0 Å². The SMILES string of the molecule is CCN(CC)c1ccc(B(O)O)cc1C(F)(F)F. The van der Waals surface area contributed by atoms with Crippen LogP contribution in [-0.2, 0) is 6.18 Å². The van der Waals surface area contributed by atoms with Gasteiger partial charge < -0.3 is 14.9 Å². The molecule has 3 nitrogen and oxygen atoms in total. The Bertz CT molecular complexity index is 406. The highest BCUT2D eigenvalue weighted by molar-refractivity contribution is 6.58. The summed E-state index contributed by atoms with van der Waals surface area (Å²) in [5.74, 6) is 0. The molecule has 1 rings (SSSR count). The van der Waals surface area contributed by atoms with Crippen molar-refractivity contribution >= 4 is 18.3 Å². The van der Waals surface area contributed by atoms with Crippen molar-refractivity contribution in [1.82, 2.24) is 0 Å². The summed E-state index contributed by atoms with van der Waals surface area (Å²) in [6.07, 6.45) is -4.52. The van der Waals surface area contributed by atoms with Crippen molar-refractivity contribution in [2.45, 2.75) is 20.0 Å². The van der Waals surface area contributed by atoms with E-state index < -0.39 is 18.9 Å². The summed E-state index contributed by atoms with van der Waals surface area (Å²) in [4.78, 5) is 1.57. The zero-order valence-corrected chi connectivity index (χ0v) is 10.2. The first-order valence-electron chi connectivity index (χ1n) is 5.63. The van der Waals surface area contributed by atoms with Gasteiger partial charge in [-0.2, -0.15) is 13.2 Å². The molecule has 1 aromatic carbocycles. The smallest absolute Gasteiger partial charge is 0.423 e. The molecule has 0 saturated carbocycles. The monoisotopic (exact) mass is 261 g/mol. The maximum Gasteiger partial charge on any atom is 0.488 e. The fourth-order valence-electron chi connectivity index (χ4n) is 1.78. The van der Waals surface area contributed by atoms with Crippen LogP contribution in [0.3, 0.4) is 0 Å². The number of nitrogens with zero attached hydrogens (tertiary/aromatic N) is 1. The van der Waals surface area contributed by atoms with Crippen molar-refractivity contribution in [3.63, 3.8) is 0 Å². The predicted molar refractivity (Wildman–Crippen MR) is 64.8 cm³/mol. The fourth-order valence-corrected chi connectivity index (χ4v) is 1.78. The van der Waals surface area contributed by atoms with Gasteiger partial charge in [0, 0.05) is 18.8 Å². The molecule has 0 heterocycles. The zero-order valence-electron chi connectivity index (χ0n) is 10.2. The minimum Gasteiger partial charge on any atom is -0.423 e. The van der Waals surface area contributed by atoms with E-state index in [1.54, 1.807) is 18.7 Å². The molecule has 0 radical (unpaired) electrons. The topological polar surface area (TPSA) is 43.7 Å². The van der Waals surface area contributed by atoms with Crippen molar-refractivity contribution < 1.29 is 23.2 Å². The van der Waals surface area contributed by atoms with Crippen LogP contribution in [0.15, 0.2) is 18.2 Å².